The number of nitrogens with zero attached hydrogens (tertiary/aromatic N) is 3. The van der Waals surface area contributed by atoms with Crippen LogP contribution < -0.4 is 10.2 Å². The SMILES string of the molecule is Cc1c(Cl)cccc1NC(=O)c1cc([N+](=O)[O-])cc2[nH]c(N(C)C)nc12. The molecular weight excluding hydrogens is 358 g/mol. The molecule has 3 aromatic rings. The number of hydrogen-bond donors (Lipinski definition) is 2. The molecule has 0 aliphatic rings. The van der Waals surface area contributed by atoms with Crippen LogP contribution in [-0.4, -0.2) is 34.9 Å². The van der Waals surface area contributed by atoms with E-state index in [9.17, 15) is 14.9 Å². The van der Waals surface area contributed by atoms with E-state index in [1.54, 1.807) is 44.1 Å². The molecule has 0 saturated carbocycles. The first-order valence-corrected chi connectivity index (χ1v) is 8.07. The molecule has 134 valence electrons. The zero-order valence-electron chi connectivity index (χ0n) is 14.3. The van der Waals surface area contributed by atoms with Crippen LogP contribution in [0.3, 0.4) is 0 Å². The fourth-order valence-corrected chi connectivity index (χ4v) is 2.69. The summed E-state index contributed by atoms with van der Waals surface area (Å²) in [4.78, 5) is 32.6. The molecule has 0 aliphatic heterocycles. The van der Waals surface area contributed by atoms with Crippen molar-refractivity contribution in [2.75, 3.05) is 24.3 Å². The summed E-state index contributed by atoms with van der Waals surface area (Å²) in [6.45, 7) is 1.78. The molecule has 1 amide bonds. The highest BCUT2D eigenvalue weighted by atomic mass is 35.5. The van der Waals surface area contributed by atoms with E-state index in [2.05, 4.69) is 15.3 Å². The first kappa shape index (κ1) is 17.7. The first-order valence-electron chi connectivity index (χ1n) is 7.70. The van der Waals surface area contributed by atoms with Gasteiger partial charge in [-0.25, -0.2) is 4.98 Å². The minimum Gasteiger partial charge on any atom is -0.349 e. The van der Waals surface area contributed by atoms with E-state index in [4.69, 9.17) is 11.6 Å². The molecule has 0 spiro atoms. The van der Waals surface area contributed by atoms with Crippen LogP contribution in [0, 0.1) is 17.0 Å². The quantitative estimate of drug-likeness (QED) is 0.535. The first-order chi connectivity index (χ1) is 12.3. The molecular formula is C17H16ClN5O3. The van der Waals surface area contributed by atoms with Gasteiger partial charge in [0.25, 0.3) is 11.6 Å². The van der Waals surface area contributed by atoms with E-state index in [1.165, 1.54) is 12.1 Å². The van der Waals surface area contributed by atoms with Gasteiger partial charge >= 0.3 is 0 Å². The molecule has 1 aromatic heterocycles. The number of nitrogens with one attached hydrogen (secondary N) is 2. The second-order valence-electron chi connectivity index (χ2n) is 5.97. The molecule has 0 atom stereocenters. The maximum Gasteiger partial charge on any atom is 0.272 e. The minimum atomic E-state index is -0.545. The molecule has 0 unspecified atom stereocenters. The van der Waals surface area contributed by atoms with Crippen LogP contribution in [0.15, 0.2) is 30.3 Å². The molecule has 1 heterocycles. The Morgan fingerprint density at radius 1 is 1.35 bits per heavy atom. The number of aromatic nitrogens is 2. The van der Waals surface area contributed by atoms with Crippen LogP contribution in [0.1, 0.15) is 15.9 Å². The Kier molecular flexibility index (Phi) is 4.52. The smallest absolute Gasteiger partial charge is 0.272 e. The van der Waals surface area contributed by atoms with Gasteiger partial charge in [0, 0.05) is 36.9 Å². The Morgan fingerprint density at radius 2 is 2.08 bits per heavy atom. The van der Waals surface area contributed by atoms with Gasteiger partial charge in [0.15, 0.2) is 0 Å². The lowest BCUT2D eigenvalue weighted by Gasteiger charge is -2.10. The minimum absolute atomic E-state index is 0.109. The van der Waals surface area contributed by atoms with E-state index in [-0.39, 0.29) is 11.3 Å². The Balaban J connectivity index is 2.11. The Morgan fingerprint density at radius 3 is 2.73 bits per heavy atom. The number of nitro benzene ring substituents is 1. The maximum absolute atomic E-state index is 12.8. The second kappa shape index (κ2) is 6.64. The standard InChI is InChI=1S/C17H16ClN5O3/c1-9-12(18)5-4-6-13(9)19-16(24)11-7-10(23(25)26)8-14-15(11)21-17(20-14)22(2)3/h4-8H,1-3H3,(H,19,24)(H,20,21). The summed E-state index contributed by atoms with van der Waals surface area (Å²) in [5.74, 6) is -0.00523. The molecule has 0 fully saturated rings. The van der Waals surface area contributed by atoms with E-state index in [0.717, 1.165) is 0 Å². The number of H-pyrrole nitrogens is 1. The monoisotopic (exact) mass is 373 g/mol. The van der Waals surface area contributed by atoms with Crippen LogP contribution >= 0.6 is 11.6 Å². The van der Waals surface area contributed by atoms with Crippen molar-refractivity contribution in [3.63, 3.8) is 0 Å². The number of non-ortho nitro benzene ring substituents is 1. The number of carbonyl (C=O) groups excluding carboxylic acids is 1. The molecule has 2 N–H and O–H groups in total. The molecule has 0 aliphatic carbocycles. The van der Waals surface area contributed by atoms with Crippen molar-refractivity contribution in [2.45, 2.75) is 6.92 Å². The third-order valence-electron chi connectivity index (χ3n) is 3.95. The number of aromatic amines is 1. The van der Waals surface area contributed by atoms with Crippen molar-refractivity contribution in [2.24, 2.45) is 0 Å². The number of nitro groups is 1. The third-order valence-corrected chi connectivity index (χ3v) is 4.36. The van der Waals surface area contributed by atoms with E-state index in [0.29, 0.717) is 33.3 Å². The van der Waals surface area contributed by atoms with E-state index >= 15 is 0 Å². The van der Waals surface area contributed by atoms with E-state index in [1.807, 2.05) is 0 Å². The van der Waals surface area contributed by atoms with Crippen molar-refractivity contribution in [3.8, 4) is 0 Å². The van der Waals surface area contributed by atoms with E-state index < -0.39 is 10.8 Å². The molecule has 0 saturated heterocycles. The topological polar surface area (TPSA) is 104 Å². The predicted octanol–water partition coefficient (Wildman–Crippen LogP) is 3.75. The summed E-state index contributed by atoms with van der Waals surface area (Å²) < 4.78 is 0. The summed E-state index contributed by atoms with van der Waals surface area (Å²) in [5.41, 5.74) is 1.93. The van der Waals surface area contributed by atoms with Crippen LogP contribution in [0.2, 0.25) is 5.02 Å². The van der Waals surface area contributed by atoms with Gasteiger partial charge in [0.1, 0.15) is 5.52 Å². The normalized spacial score (nSPS) is 10.8. The van der Waals surface area contributed by atoms with Gasteiger partial charge in [-0.1, -0.05) is 17.7 Å². The van der Waals surface area contributed by atoms with Gasteiger partial charge in [0.2, 0.25) is 5.95 Å². The highest BCUT2D eigenvalue weighted by Gasteiger charge is 2.21. The summed E-state index contributed by atoms with van der Waals surface area (Å²) in [6, 6.07) is 7.72. The number of carbonyl (C=O) groups is 1. The van der Waals surface area contributed by atoms with Crippen molar-refractivity contribution in [1.29, 1.82) is 0 Å². The fraction of sp³-hybridized carbons (Fsp3) is 0.176. The lowest BCUT2D eigenvalue weighted by Crippen LogP contribution is -2.14. The number of benzene rings is 2. The molecule has 3 rings (SSSR count). The average molecular weight is 374 g/mol. The maximum atomic E-state index is 12.8. The van der Waals surface area contributed by atoms with Crippen molar-refractivity contribution < 1.29 is 9.72 Å². The summed E-state index contributed by atoms with van der Waals surface area (Å²) in [7, 11) is 3.56. The highest BCUT2D eigenvalue weighted by molar-refractivity contribution is 6.31. The van der Waals surface area contributed by atoms with Gasteiger partial charge in [-0.2, -0.15) is 0 Å². The van der Waals surface area contributed by atoms with Crippen LogP contribution in [-0.2, 0) is 0 Å². The Labute approximate surface area is 153 Å². The number of amides is 1. The highest BCUT2D eigenvalue weighted by Crippen LogP contribution is 2.28. The number of rotatable bonds is 4. The predicted molar refractivity (Wildman–Crippen MR) is 101 cm³/mol. The zero-order chi connectivity index (χ0) is 19.0. The van der Waals surface area contributed by atoms with Gasteiger partial charge in [-0.15, -0.1) is 0 Å². The number of hydrogen-bond acceptors (Lipinski definition) is 5. The van der Waals surface area contributed by atoms with Gasteiger partial charge in [-0.3, -0.25) is 14.9 Å². The molecule has 0 bridgehead atoms. The number of halogens is 1. The number of fused-ring (bicyclic) bond motifs is 1. The second-order valence-corrected chi connectivity index (χ2v) is 6.38. The van der Waals surface area contributed by atoms with Crippen LogP contribution in [0.4, 0.5) is 17.3 Å². The Hall–Kier alpha value is -3.13. The molecule has 26 heavy (non-hydrogen) atoms. The van der Waals surface area contributed by atoms with Crippen LogP contribution in [0.25, 0.3) is 11.0 Å². The third kappa shape index (κ3) is 3.18. The lowest BCUT2D eigenvalue weighted by molar-refractivity contribution is -0.384. The summed E-state index contributed by atoms with van der Waals surface area (Å²) in [5, 5.41) is 14.5. The van der Waals surface area contributed by atoms with Gasteiger partial charge < -0.3 is 15.2 Å². The van der Waals surface area contributed by atoms with Crippen molar-refractivity contribution in [3.05, 3.63) is 56.6 Å². The van der Waals surface area contributed by atoms with Gasteiger partial charge in [0.05, 0.1) is 16.0 Å². The fourth-order valence-electron chi connectivity index (χ4n) is 2.51. The average Bonchev–Trinajstić information content (AvgIpc) is 3.02. The largest absolute Gasteiger partial charge is 0.349 e. The number of anilines is 2. The van der Waals surface area contributed by atoms with Crippen molar-refractivity contribution in [1.82, 2.24) is 9.97 Å². The lowest BCUT2D eigenvalue weighted by atomic mass is 10.1. The number of imidazole rings is 1. The van der Waals surface area contributed by atoms with Gasteiger partial charge in [-0.05, 0) is 24.6 Å². The zero-order valence-corrected chi connectivity index (χ0v) is 15.1. The summed E-state index contributed by atoms with van der Waals surface area (Å²) >= 11 is 6.08. The molecule has 8 nitrogen and oxygen atoms in total. The molecule has 9 heteroatoms. The Bertz CT molecular complexity index is 1030. The van der Waals surface area contributed by atoms with Crippen molar-refractivity contribution >= 4 is 45.9 Å². The molecule has 2 aromatic carbocycles. The summed E-state index contributed by atoms with van der Waals surface area (Å²) in [6.07, 6.45) is 0. The van der Waals surface area contributed by atoms with Crippen LogP contribution in [0.5, 0.6) is 0 Å². The molecule has 0 radical (unpaired) electrons.